The summed E-state index contributed by atoms with van der Waals surface area (Å²) in [4.78, 5) is 12.1. The summed E-state index contributed by atoms with van der Waals surface area (Å²) in [5, 5.41) is 17.7. The molecule has 0 fully saturated rings. The molecule has 0 saturated heterocycles. The van der Waals surface area contributed by atoms with E-state index in [0.29, 0.717) is 23.5 Å². The Labute approximate surface area is 127 Å². The van der Waals surface area contributed by atoms with Gasteiger partial charge in [0, 0.05) is 6.07 Å². The second-order valence-corrected chi connectivity index (χ2v) is 4.29. The van der Waals surface area contributed by atoms with Crippen LogP contribution in [0.4, 0.5) is 0 Å². The van der Waals surface area contributed by atoms with Crippen molar-refractivity contribution in [3.05, 3.63) is 59.2 Å². The van der Waals surface area contributed by atoms with Crippen LogP contribution in [0.1, 0.15) is 28.4 Å². The molecule has 0 aliphatic heterocycles. The maximum Gasteiger partial charge on any atom is 0.343 e. The monoisotopic (exact) mass is 292 g/mol. The minimum atomic E-state index is -0.595. The smallest absolute Gasteiger partial charge is 0.343 e. The predicted octanol–water partition coefficient (Wildman–Crippen LogP) is 3.05. The molecule has 2 rings (SSSR count). The summed E-state index contributed by atoms with van der Waals surface area (Å²) in [6, 6.07) is 14.7. The highest BCUT2D eigenvalue weighted by atomic mass is 16.6. The largest absolute Gasteiger partial charge is 0.490 e. The maximum atomic E-state index is 12.1. The Hall–Kier alpha value is -3.31. The molecule has 0 unspecified atom stereocenters. The fourth-order valence-electron chi connectivity index (χ4n) is 1.80. The van der Waals surface area contributed by atoms with Gasteiger partial charge in [-0.15, -0.1) is 0 Å². The van der Waals surface area contributed by atoms with Crippen molar-refractivity contribution in [1.82, 2.24) is 0 Å². The second-order valence-electron chi connectivity index (χ2n) is 4.29. The van der Waals surface area contributed by atoms with Crippen LogP contribution < -0.4 is 9.47 Å². The molecular weight excluding hydrogens is 280 g/mol. The van der Waals surface area contributed by atoms with Gasteiger partial charge in [-0.2, -0.15) is 10.5 Å². The number of nitriles is 2. The highest BCUT2D eigenvalue weighted by Crippen LogP contribution is 2.29. The van der Waals surface area contributed by atoms with Crippen LogP contribution in [0.15, 0.2) is 42.5 Å². The van der Waals surface area contributed by atoms with E-state index in [9.17, 15) is 4.79 Å². The lowest BCUT2D eigenvalue weighted by Gasteiger charge is -2.10. The van der Waals surface area contributed by atoms with Crippen LogP contribution in [-0.2, 0) is 0 Å². The molecule has 108 valence electrons. The third-order valence-corrected chi connectivity index (χ3v) is 2.80. The van der Waals surface area contributed by atoms with E-state index in [1.165, 1.54) is 24.3 Å². The van der Waals surface area contributed by atoms with Crippen molar-refractivity contribution in [2.24, 2.45) is 0 Å². The minimum Gasteiger partial charge on any atom is -0.490 e. The Bertz CT molecular complexity index is 785. The van der Waals surface area contributed by atoms with E-state index < -0.39 is 5.97 Å². The van der Waals surface area contributed by atoms with E-state index in [-0.39, 0.29) is 11.3 Å². The van der Waals surface area contributed by atoms with Crippen molar-refractivity contribution in [2.45, 2.75) is 6.92 Å². The quantitative estimate of drug-likeness (QED) is 0.639. The zero-order valence-corrected chi connectivity index (χ0v) is 11.9. The van der Waals surface area contributed by atoms with Crippen LogP contribution in [-0.4, -0.2) is 12.6 Å². The number of rotatable bonds is 4. The Morgan fingerprint density at radius 1 is 1.05 bits per heavy atom. The lowest BCUT2D eigenvalue weighted by atomic mass is 10.1. The van der Waals surface area contributed by atoms with Crippen LogP contribution in [0.5, 0.6) is 11.5 Å². The van der Waals surface area contributed by atoms with Gasteiger partial charge in [-0.25, -0.2) is 4.79 Å². The highest BCUT2D eigenvalue weighted by molar-refractivity contribution is 5.91. The molecule has 0 saturated carbocycles. The molecule has 0 amide bonds. The summed E-state index contributed by atoms with van der Waals surface area (Å²) in [6.45, 7) is 2.17. The number of hydrogen-bond donors (Lipinski definition) is 0. The third-order valence-electron chi connectivity index (χ3n) is 2.80. The topological polar surface area (TPSA) is 83.1 Å². The van der Waals surface area contributed by atoms with Gasteiger partial charge in [-0.1, -0.05) is 6.07 Å². The molecule has 0 spiro atoms. The Kier molecular flexibility index (Phi) is 4.74. The first-order valence-electron chi connectivity index (χ1n) is 6.57. The summed E-state index contributed by atoms with van der Waals surface area (Å²) in [5.74, 6) is -0.0395. The van der Waals surface area contributed by atoms with Gasteiger partial charge in [0.1, 0.15) is 0 Å². The van der Waals surface area contributed by atoms with Crippen molar-refractivity contribution in [1.29, 1.82) is 10.5 Å². The first kappa shape index (κ1) is 15.1. The second kappa shape index (κ2) is 6.92. The first-order valence-corrected chi connectivity index (χ1v) is 6.57. The van der Waals surface area contributed by atoms with Crippen molar-refractivity contribution < 1.29 is 14.3 Å². The van der Waals surface area contributed by atoms with E-state index in [1.807, 2.05) is 12.1 Å². The Morgan fingerprint density at radius 2 is 1.77 bits per heavy atom. The standard InChI is InChI=1S/C17H12N2O3/c1-2-21-16-9-13(11-19)6-7-15(16)22-17(20)14-5-3-4-12(8-14)10-18/h3-9H,2H2,1H3. The summed E-state index contributed by atoms with van der Waals surface area (Å²) in [7, 11) is 0. The van der Waals surface area contributed by atoms with Crippen molar-refractivity contribution in [2.75, 3.05) is 6.61 Å². The molecule has 2 aromatic rings. The molecule has 0 radical (unpaired) electrons. The van der Waals surface area contributed by atoms with Crippen LogP contribution in [0.25, 0.3) is 0 Å². The summed E-state index contributed by atoms with van der Waals surface area (Å²) >= 11 is 0. The lowest BCUT2D eigenvalue weighted by molar-refractivity contribution is 0.0728. The normalized spacial score (nSPS) is 9.41. The summed E-state index contributed by atoms with van der Waals surface area (Å²) < 4.78 is 10.7. The average Bonchev–Trinajstić information content (AvgIpc) is 2.56. The van der Waals surface area contributed by atoms with Crippen LogP contribution in [0, 0.1) is 22.7 Å². The van der Waals surface area contributed by atoms with Crippen LogP contribution in [0.2, 0.25) is 0 Å². The van der Waals surface area contributed by atoms with Crippen molar-refractivity contribution >= 4 is 5.97 Å². The highest BCUT2D eigenvalue weighted by Gasteiger charge is 2.13. The molecule has 5 heteroatoms. The van der Waals surface area contributed by atoms with Crippen LogP contribution in [0.3, 0.4) is 0 Å². The van der Waals surface area contributed by atoms with Crippen molar-refractivity contribution in [3.63, 3.8) is 0 Å². The zero-order valence-electron chi connectivity index (χ0n) is 11.9. The zero-order chi connectivity index (χ0) is 15.9. The van der Waals surface area contributed by atoms with E-state index in [4.69, 9.17) is 20.0 Å². The molecule has 5 nitrogen and oxygen atoms in total. The maximum absolute atomic E-state index is 12.1. The molecule has 0 heterocycles. The Morgan fingerprint density at radius 3 is 2.45 bits per heavy atom. The minimum absolute atomic E-state index is 0.230. The summed E-state index contributed by atoms with van der Waals surface area (Å²) in [5.41, 5.74) is 1.06. The molecule has 0 N–H and O–H groups in total. The van der Waals surface area contributed by atoms with Gasteiger partial charge in [0.05, 0.1) is 35.4 Å². The van der Waals surface area contributed by atoms with Gasteiger partial charge in [0.15, 0.2) is 11.5 Å². The average molecular weight is 292 g/mol. The van der Waals surface area contributed by atoms with Gasteiger partial charge in [-0.05, 0) is 37.3 Å². The number of nitrogens with zero attached hydrogens (tertiary/aromatic N) is 2. The fraction of sp³-hybridized carbons (Fsp3) is 0.118. The molecule has 0 atom stereocenters. The molecule has 0 bridgehead atoms. The van der Waals surface area contributed by atoms with Crippen molar-refractivity contribution in [3.8, 4) is 23.6 Å². The van der Waals surface area contributed by atoms with E-state index in [0.717, 1.165) is 0 Å². The number of benzene rings is 2. The van der Waals surface area contributed by atoms with Gasteiger partial charge in [0.25, 0.3) is 0 Å². The third kappa shape index (κ3) is 3.41. The van der Waals surface area contributed by atoms with Gasteiger partial charge in [-0.3, -0.25) is 0 Å². The number of esters is 1. The fourth-order valence-corrected chi connectivity index (χ4v) is 1.80. The van der Waals surface area contributed by atoms with E-state index in [1.54, 1.807) is 25.1 Å². The van der Waals surface area contributed by atoms with Crippen LogP contribution >= 0.6 is 0 Å². The molecular formula is C17H12N2O3. The van der Waals surface area contributed by atoms with E-state index >= 15 is 0 Å². The predicted molar refractivity (Wildman–Crippen MR) is 78.4 cm³/mol. The number of carbonyl (C=O) groups excluding carboxylic acids is 1. The lowest BCUT2D eigenvalue weighted by Crippen LogP contribution is -2.10. The molecule has 0 aliphatic carbocycles. The number of ether oxygens (including phenoxy) is 2. The first-order chi connectivity index (χ1) is 10.7. The molecule has 0 aromatic heterocycles. The molecule has 2 aromatic carbocycles. The van der Waals surface area contributed by atoms with Gasteiger partial charge < -0.3 is 9.47 Å². The Balaban J connectivity index is 2.28. The number of carbonyl (C=O) groups is 1. The molecule has 0 aliphatic rings. The van der Waals surface area contributed by atoms with Gasteiger partial charge in [0.2, 0.25) is 0 Å². The SMILES string of the molecule is CCOc1cc(C#N)ccc1OC(=O)c1cccc(C#N)c1. The number of hydrogen-bond acceptors (Lipinski definition) is 5. The molecule has 22 heavy (non-hydrogen) atoms. The van der Waals surface area contributed by atoms with E-state index in [2.05, 4.69) is 0 Å². The van der Waals surface area contributed by atoms with Gasteiger partial charge >= 0.3 is 5.97 Å². The summed E-state index contributed by atoms with van der Waals surface area (Å²) in [6.07, 6.45) is 0.